The largest absolute Gasteiger partial charge is 0.0847 e. The zero-order valence-corrected chi connectivity index (χ0v) is 7.35. The molecule has 10 heavy (non-hydrogen) atoms. The summed E-state index contributed by atoms with van der Waals surface area (Å²) >= 11 is 0. The molecule has 0 bridgehead atoms. The molecule has 0 heteroatoms. The maximum atomic E-state index is 2.25. The average Bonchev–Trinajstić information content (AvgIpc) is 1.98. The van der Waals surface area contributed by atoms with Crippen molar-refractivity contribution < 1.29 is 0 Å². The summed E-state index contributed by atoms with van der Waals surface area (Å²) in [7, 11) is 0. The molecule has 0 aromatic carbocycles. The summed E-state index contributed by atoms with van der Waals surface area (Å²) in [6.07, 6.45) is 10.4. The molecule has 0 fully saturated rings. The molecule has 0 aliphatic carbocycles. The number of rotatable bonds is 4. The Morgan fingerprint density at radius 1 is 1.40 bits per heavy atom. The lowest BCUT2D eigenvalue weighted by molar-refractivity contribution is 0.814. The zero-order chi connectivity index (χ0) is 7.82. The van der Waals surface area contributed by atoms with E-state index < -0.39 is 0 Å². The Hall–Kier alpha value is -0.520. The maximum absolute atomic E-state index is 2.25. The standard InChI is InChI=1S/C10H18/c1-4-6-7-8-9-10(3)5-2/h5,8-9H,4,6-7H2,1-3H3/b9-8+,10-5+. The van der Waals surface area contributed by atoms with Crippen molar-refractivity contribution in [1.82, 2.24) is 0 Å². The predicted octanol–water partition coefficient (Wildman–Crippen LogP) is 3.70. The first kappa shape index (κ1) is 9.48. The molecule has 0 saturated heterocycles. The van der Waals surface area contributed by atoms with Crippen LogP contribution in [0.3, 0.4) is 0 Å². The molecule has 0 N–H and O–H groups in total. The van der Waals surface area contributed by atoms with Crippen LogP contribution in [-0.2, 0) is 0 Å². The molecule has 0 aliphatic rings. The number of hydrogen-bond donors (Lipinski definition) is 0. The molecule has 0 spiro atoms. The Balaban J connectivity index is 3.37. The number of allylic oxidation sites excluding steroid dienone is 4. The van der Waals surface area contributed by atoms with Crippen LogP contribution < -0.4 is 0 Å². The van der Waals surface area contributed by atoms with Crippen molar-refractivity contribution in [2.45, 2.75) is 40.0 Å². The third-order valence-electron chi connectivity index (χ3n) is 1.56. The molecule has 0 heterocycles. The van der Waals surface area contributed by atoms with Crippen LogP contribution in [0.2, 0.25) is 0 Å². The minimum absolute atomic E-state index is 1.22. The van der Waals surface area contributed by atoms with Gasteiger partial charge in [-0.25, -0.2) is 0 Å². The van der Waals surface area contributed by atoms with Crippen molar-refractivity contribution in [3.8, 4) is 0 Å². The van der Waals surface area contributed by atoms with E-state index in [1.165, 1.54) is 24.8 Å². The van der Waals surface area contributed by atoms with Crippen LogP contribution in [0.25, 0.3) is 0 Å². The van der Waals surface area contributed by atoms with E-state index in [9.17, 15) is 0 Å². The van der Waals surface area contributed by atoms with Gasteiger partial charge in [0.2, 0.25) is 0 Å². The van der Waals surface area contributed by atoms with Crippen LogP contribution in [0.15, 0.2) is 23.8 Å². The summed E-state index contributed by atoms with van der Waals surface area (Å²) in [5.41, 5.74) is 1.36. The van der Waals surface area contributed by atoms with E-state index in [-0.39, 0.29) is 0 Å². The predicted molar refractivity (Wildman–Crippen MR) is 48.1 cm³/mol. The molecule has 0 saturated carbocycles. The maximum Gasteiger partial charge on any atom is -0.0348 e. The smallest absolute Gasteiger partial charge is 0.0348 e. The normalized spacial score (nSPS) is 12.9. The highest BCUT2D eigenvalue weighted by Crippen LogP contribution is 1.99. The monoisotopic (exact) mass is 138 g/mol. The van der Waals surface area contributed by atoms with Gasteiger partial charge in [-0.3, -0.25) is 0 Å². The van der Waals surface area contributed by atoms with Gasteiger partial charge in [-0.2, -0.15) is 0 Å². The molecule has 0 radical (unpaired) electrons. The van der Waals surface area contributed by atoms with Gasteiger partial charge in [-0.15, -0.1) is 0 Å². The fourth-order valence-corrected chi connectivity index (χ4v) is 0.687. The van der Waals surface area contributed by atoms with Crippen molar-refractivity contribution >= 4 is 0 Å². The second-order valence-corrected chi connectivity index (χ2v) is 2.58. The van der Waals surface area contributed by atoms with Gasteiger partial charge in [0, 0.05) is 0 Å². The second-order valence-electron chi connectivity index (χ2n) is 2.58. The van der Waals surface area contributed by atoms with Gasteiger partial charge < -0.3 is 0 Å². The lowest BCUT2D eigenvalue weighted by Gasteiger charge is -1.89. The van der Waals surface area contributed by atoms with E-state index in [0.29, 0.717) is 0 Å². The third-order valence-corrected chi connectivity index (χ3v) is 1.56. The van der Waals surface area contributed by atoms with Crippen molar-refractivity contribution in [3.63, 3.8) is 0 Å². The van der Waals surface area contributed by atoms with E-state index in [1.807, 2.05) is 0 Å². The summed E-state index contributed by atoms with van der Waals surface area (Å²) < 4.78 is 0. The first-order valence-corrected chi connectivity index (χ1v) is 4.10. The van der Waals surface area contributed by atoms with Crippen LogP contribution in [0.1, 0.15) is 40.0 Å². The summed E-state index contributed by atoms with van der Waals surface area (Å²) in [5, 5.41) is 0. The molecule has 0 aromatic rings. The fraction of sp³-hybridized carbons (Fsp3) is 0.600. The van der Waals surface area contributed by atoms with Gasteiger partial charge in [0.25, 0.3) is 0 Å². The highest BCUT2D eigenvalue weighted by molar-refractivity contribution is 5.14. The minimum atomic E-state index is 1.22. The summed E-state index contributed by atoms with van der Waals surface area (Å²) in [5.74, 6) is 0. The quantitative estimate of drug-likeness (QED) is 0.410. The van der Waals surface area contributed by atoms with E-state index >= 15 is 0 Å². The highest BCUT2D eigenvalue weighted by Gasteiger charge is 1.78. The Kier molecular flexibility index (Phi) is 6.25. The van der Waals surface area contributed by atoms with Crippen molar-refractivity contribution in [1.29, 1.82) is 0 Å². The second kappa shape index (κ2) is 6.60. The van der Waals surface area contributed by atoms with E-state index in [2.05, 4.69) is 39.0 Å². The molecule has 0 amide bonds. The van der Waals surface area contributed by atoms with Gasteiger partial charge in [0.1, 0.15) is 0 Å². The number of unbranched alkanes of at least 4 members (excludes halogenated alkanes) is 2. The van der Waals surface area contributed by atoms with Gasteiger partial charge in [0.15, 0.2) is 0 Å². The van der Waals surface area contributed by atoms with E-state index in [4.69, 9.17) is 0 Å². The highest BCUT2D eigenvalue weighted by atomic mass is 13.8. The molecule has 0 aromatic heterocycles. The molecule has 0 unspecified atom stereocenters. The molecular formula is C10H18. The van der Waals surface area contributed by atoms with Crippen molar-refractivity contribution in [2.75, 3.05) is 0 Å². The summed E-state index contributed by atoms with van der Waals surface area (Å²) in [6.45, 7) is 6.41. The zero-order valence-electron chi connectivity index (χ0n) is 7.35. The first-order chi connectivity index (χ1) is 4.81. The molecule has 58 valence electrons. The Morgan fingerprint density at radius 2 is 2.10 bits per heavy atom. The molecular weight excluding hydrogens is 120 g/mol. The minimum Gasteiger partial charge on any atom is -0.0847 e. The van der Waals surface area contributed by atoms with Gasteiger partial charge >= 0.3 is 0 Å². The SMILES string of the molecule is C/C=C(C)/C=C/CCCC. The molecule has 0 nitrogen and oxygen atoms in total. The Labute approximate surface area is 64.6 Å². The fourth-order valence-electron chi connectivity index (χ4n) is 0.687. The average molecular weight is 138 g/mol. The molecule has 0 aliphatic heterocycles. The Morgan fingerprint density at radius 3 is 2.60 bits per heavy atom. The summed E-state index contributed by atoms with van der Waals surface area (Å²) in [6, 6.07) is 0. The van der Waals surface area contributed by atoms with Crippen molar-refractivity contribution in [3.05, 3.63) is 23.8 Å². The summed E-state index contributed by atoms with van der Waals surface area (Å²) in [4.78, 5) is 0. The van der Waals surface area contributed by atoms with E-state index in [1.54, 1.807) is 0 Å². The number of hydrogen-bond acceptors (Lipinski definition) is 0. The molecule has 0 rings (SSSR count). The van der Waals surface area contributed by atoms with Crippen LogP contribution in [-0.4, -0.2) is 0 Å². The van der Waals surface area contributed by atoms with Crippen LogP contribution >= 0.6 is 0 Å². The third kappa shape index (κ3) is 5.61. The first-order valence-electron chi connectivity index (χ1n) is 4.10. The Bertz CT molecular complexity index is 118. The topological polar surface area (TPSA) is 0 Å². The van der Waals surface area contributed by atoms with Crippen LogP contribution in [0.5, 0.6) is 0 Å². The van der Waals surface area contributed by atoms with Gasteiger partial charge in [0.05, 0.1) is 0 Å². The lowest BCUT2D eigenvalue weighted by atomic mass is 10.2. The van der Waals surface area contributed by atoms with Crippen molar-refractivity contribution in [2.24, 2.45) is 0 Å². The van der Waals surface area contributed by atoms with Gasteiger partial charge in [-0.05, 0) is 20.3 Å². The molecule has 0 atom stereocenters. The van der Waals surface area contributed by atoms with E-state index in [0.717, 1.165) is 0 Å². The lowest BCUT2D eigenvalue weighted by Crippen LogP contribution is -1.68. The van der Waals surface area contributed by atoms with Crippen LogP contribution in [0.4, 0.5) is 0 Å². The van der Waals surface area contributed by atoms with Gasteiger partial charge in [-0.1, -0.05) is 43.6 Å². The van der Waals surface area contributed by atoms with Crippen LogP contribution in [0, 0.1) is 0 Å².